The lowest BCUT2D eigenvalue weighted by atomic mass is 10.0. The molecule has 1 heterocycles. The Morgan fingerprint density at radius 1 is 1.19 bits per heavy atom. The lowest BCUT2D eigenvalue weighted by molar-refractivity contribution is -0.141. The molecular formula is C23H23F3N4O2. The number of unbranched alkanes of at least 4 members (excludes halogenated alkanes) is 1. The van der Waals surface area contributed by atoms with Crippen LogP contribution < -0.4 is 5.32 Å². The van der Waals surface area contributed by atoms with Gasteiger partial charge in [0.05, 0.1) is 11.8 Å². The van der Waals surface area contributed by atoms with E-state index >= 15 is 0 Å². The van der Waals surface area contributed by atoms with Gasteiger partial charge in [-0.25, -0.2) is 0 Å². The number of oxime groups is 1. The summed E-state index contributed by atoms with van der Waals surface area (Å²) in [5.74, 6) is -0.883. The van der Waals surface area contributed by atoms with Crippen LogP contribution in [0.5, 0.6) is 0 Å². The normalized spacial score (nSPS) is 11.7. The van der Waals surface area contributed by atoms with Crippen LogP contribution in [0.1, 0.15) is 41.4 Å². The number of carbonyl (C=O) groups excluding carboxylic acids is 1. The third kappa shape index (κ3) is 5.75. The first-order chi connectivity index (χ1) is 15.3. The predicted octanol–water partition coefficient (Wildman–Crippen LogP) is 5.51. The summed E-state index contributed by atoms with van der Waals surface area (Å²) in [7, 11) is 1.33. The van der Waals surface area contributed by atoms with Crippen LogP contribution in [0.25, 0.3) is 11.1 Å². The number of aryl methyl sites for hydroxylation is 1. The van der Waals surface area contributed by atoms with Crippen LogP contribution in [0.4, 0.5) is 18.9 Å². The van der Waals surface area contributed by atoms with Crippen molar-refractivity contribution in [2.24, 2.45) is 12.2 Å². The summed E-state index contributed by atoms with van der Waals surface area (Å²) < 4.78 is 40.6. The predicted molar refractivity (Wildman–Crippen MR) is 116 cm³/mol. The molecule has 0 atom stereocenters. The van der Waals surface area contributed by atoms with Crippen LogP contribution in [0.2, 0.25) is 0 Å². The average molecular weight is 444 g/mol. The van der Waals surface area contributed by atoms with Crippen molar-refractivity contribution >= 4 is 17.8 Å². The maximum atomic E-state index is 13.2. The fourth-order valence-corrected chi connectivity index (χ4v) is 3.01. The second-order valence-corrected chi connectivity index (χ2v) is 7.11. The monoisotopic (exact) mass is 444 g/mol. The minimum absolute atomic E-state index is 0.388. The van der Waals surface area contributed by atoms with E-state index in [-0.39, 0.29) is 0 Å². The summed E-state index contributed by atoms with van der Waals surface area (Å²) >= 11 is 0. The quantitative estimate of drug-likeness (QED) is 0.283. The molecule has 0 saturated carbocycles. The lowest BCUT2D eigenvalue weighted by Crippen LogP contribution is -2.18. The Morgan fingerprint density at radius 2 is 1.91 bits per heavy atom. The Morgan fingerprint density at radius 3 is 2.59 bits per heavy atom. The van der Waals surface area contributed by atoms with Crippen molar-refractivity contribution in [2.75, 3.05) is 11.9 Å². The van der Waals surface area contributed by atoms with Gasteiger partial charge in [-0.3, -0.25) is 9.48 Å². The van der Waals surface area contributed by atoms with Crippen molar-refractivity contribution in [3.8, 4) is 11.1 Å². The van der Waals surface area contributed by atoms with Crippen LogP contribution in [-0.4, -0.2) is 28.5 Å². The highest BCUT2D eigenvalue weighted by Crippen LogP contribution is 2.32. The summed E-state index contributed by atoms with van der Waals surface area (Å²) in [6.45, 7) is 2.63. The maximum Gasteiger partial charge on any atom is 0.435 e. The standard InChI is InChI=1S/C23H23F3N4O2/c1-3-4-13-32-27-14-16-9-11-17(12-10-16)18-7-5-6-8-20(18)28-22(31)19-15-30(2)29-21(19)23(24,25)26/h5-12,14-15H,3-4,13H2,1-2H3,(H,28,31)/b27-14+. The Balaban J connectivity index is 1.79. The number of para-hydroxylation sites is 1. The topological polar surface area (TPSA) is 68.5 Å². The van der Waals surface area contributed by atoms with Gasteiger partial charge >= 0.3 is 6.18 Å². The molecule has 0 spiro atoms. The summed E-state index contributed by atoms with van der Waals surface area (Å²) in [5.41, 5.74) is 0.910. The molecule has 1 aromatic heterocycles. The van der Waals surface area contributed by atoms with E-state index in [1.165, 1.54) is 7.05 Å². The highest BCUT2D eigenvalue weighted by molar-refractivity contribution is 6.07. The van der Waals surface area contributed by atoms with E-state index in [2.05, 4.69) is 22.5 Å². The number of rotatable bonds is 8. The minimum atomic E-state index is -4.73. The van der Waals surface area contributed by atoms with Crippen LogP contribution in [-0.2, 0) is 18.1 Å². The van der Waals surface area contributed by atoms with E-state index in [4.69, 9.17) is 4.84 Å². The summed E-state index contributed by atoms with van der Waals surface area (Å²) in [6.07, 6.45) is -0.114. The Bertz CT molecular complexity index is 1090. The van der Waals surface area contributed by atoms with Crippen molar-refractivity contribution in [3.63, 3.8) is 0 Å². The molecule has 0 aliphatic rings. The molecule has 3 rings (SSSR count). The average Bonchev–Trinajstić information content (AvgIpc) is 3.17. The van der Waals surface area contributed by atoms with Gasteiger partial charge in [-0.05, 0) is 23.6 Å². The second-order valence-electron chi connectivity index (χ2n) is 7.11. The third-order valence-corrected chi connectivity index (χ3v) is 4.60. The molecular weight excluding hydrogens is 421 g/mol. The van der Waals surface area contributed by atoms with Crippen molar-refractivity contribution in [2.45, 2.75) is 25.9 Å². The smallest absolute Gasteiger partial charge is 0.396 e. The zero-order chi connectivity index (χ0) is 23.1. The van der Waals surface area contributed by atoms with Crippen LogP contribution in [0.3, 0.4) is 0 Å². The SMILES string of the molecule is CCCCO/N=C/c1ccc(-c2ccccc2NC(=O)c2cn(C)nc2C(F)(F)F)cc1. The maximum absolute atomic E-state index is 13.2. The molecule has 0 aliphatic carbocycles. The molecule has 0 aliphatic heterocycles. The molecule has 0 unspecified atom stereocenters. The highest BCUT2D eigenvalue weighted by Gasteiger charge is 2.39. The van der Waals surface area contributed by atoms with E-state index in [0.717, 1.165) is 34.8 Å². The number of nitrogens with one attached hydrogen (secondary N) is 1. The van der Waals surface area contributed by atoms with Gasteiger partial charge in [0.15, 0.2) is 5.69 Å². The van der Waals surface area contributed by atoms with Crippen molar-refractivity contribution in [3.05, 3.63) is 71.5 Å². The van der Waals surface area contributed by atoms with E-state index in [9.17, 15) is 18.0 Å². The third-order valence-electron chi connectivity index (χ3n) is 4.60. The fraction of sp³-hybridized carbons (Fsp3) is 0.261. The second kappa shape index (κ2) is 10.1. The minimum Gasteiger partial charge on any atom is -0.396 e. The number of halogens is 3. The first-order valence-electron chi connectivity index (χ1n) is 10.1. The van der Waals surface area contributed by atoms with E-state index in [1.807, 2.05) is 24.3 Å². The Labute approximate surface area is 183 Å². The molecule has 1 amide bonds. The van der Waals surface area contributed by atoms with Gasteiger partial charge in [0, 0.05) is 24.5 Å². The van der Waals surface area contributed by atoms with Crippen molar-refractivity contribution < 1.29 is 22.8 Å². The lowest BCUT2D eigenvalue weighted by Gasteiger charge is -2.12. The van der Waals surface area contributed by atoms with Gasteiger partial charge in [-0.2, -0.15) is 18.3 Å². The van der Waals surface area contributed by atoms with Crippen molar-refractivity contribution in [1.82, 2.24) is 9.78 Å². The number of amides is 1. The zero-order valence-electron chi connectivity index (χ0n) is 17.7. The Kier molecular flexibility index (Phi) is 7.29. The molecule has 32 heavy (non-hydrogen) atoms. The molecule has 2 aromatic carbocycles. The molecule has 0 fully saturated rings. The van der Waals surface area contributed by atoms with Crippen LogP contribution in [0, 0.1) is 0 Å². The van der Waals surface area contributed by atoms with Gasteiger partial charge < -0.3 is 10.2 Å². The first-order valence-corrected chi connectivity index (χ1v) is 10.1. The first kappa shape index (κ1) is 23.1. The summed E-state index contributed by atoms with van der Waals surface area (Å²) in [6, 6.07) is 14.2. The molecule has 0 bridgehead atoms. The van der Waals surface area contributed by atoms with Crippen LogP contribution >= 0.6 is 0 Å². The number of benzene rings is 2. The molecule has 6 nitrogen and oxygen atoms in total. The molecule has 0 saturated heterocycles. The molecule has 0 radical (unpaired) electrons. The molecule has 1 N–H and O–H groups in total. The number of hydrogen-bond acceptors (Lipinski definition) is 4. The molecule has 168 valence electrons. The molecule has 9 heteroatoms. The van der Waals surface area contributed by atoms with Gasteiger partial charge in [0.1, 0.15) is 6.61 Å². The van der Waals surface area contributed by atoms with Crippen molar-refractivity contribution in [1.29, 1.82) is 0 Å². The number of alkyl halides is 3. The largest absolute Gasteiger partial charge is 0.435 e. The summed E-state index contributed by atoms with van der Waals surface area (Å²) in [5, 5.41) is 9.89. The van der Waals surface area contributed by atoms with E-state index < -0.39 is 23.3 Å². The number of nitrogens with zero attached hydrogens (tertiary/aromatic N) is 3. The molecule has 3 aromatic rings. The zero-order valence-corrected chi connectivity index (χ0v) is 17.7. The van der Waals surface area contributed by atoms with Gasteiger partial charge in [-0.1, -0.05) is 61.0 Å². The number of carbonyl (C=O) groups is 1. The number of hydrogen-bond donors (Lipinski definition) is 1. The highest BCUT2D eigenvalue weighted by atomic mass is 19.4. The Hall–Kier alpha value is -3.62. The van der Waals surface area contributed by atoms with E-state index in [0.29, 0.717) is 17.9 Å². The van der Waals surface area contributed by atoms with Gasteiger partial charge in [-0.15, -0.1) is 0 Å². The number of anilines is 1. The van der Waals surface area contributed by atoms with Gasteiger partial charge in [0.25, 0.3) is 5.91 Å². The van der Waals surface area contributed by atoms with Gasteiger partial charge in [0.2, 0.25) is 0 Å². The van der Waals surface area contributed by atoms with E-state index in [1.54, 1.807) is 30.5 Å². The summed E-state index contributed by atoms with van der Waals surface area (Å²) in [4.78, 5) is 17.8. The fourth-order valence-electron chi connectivity index (χ4n) is 3.01. The van der Waals surface area contributed by atoms with Crippen LogP contribution in [0.15, 0.2) is 59.9 Å². The number of aromatic nitrogens is 2.